The van der Waals surface area contributed by atoms with E-state index >= 15 is 0 Å². The summed E-state index contributed by atoms with van der Waals surface area (Å²) in [6.07, 6.45) is 0. The van der Waals surface area contributed by atoms with Crippen LogP contribution in [0.25, 0.3) is 0 Å². The Morgan fingerprint density at radius 3 is 2.33 bits per heavy atom. The molecule has 0 bridgehead atoms. The average Bonchev–Trinajstić information content (AvgIpc) is 2.00. The van der Waals surface area contributed by atoms with E-state index in [0.29, 0.717) is 5.92 Å². The SMILES string of the molecule is CC.CC(=O)NCC1CN(C)C1. The Morgan fingerprint density at radius 1 is 1.50 bits per heavy atom. The van der Waals surface area contributed by atoms with Gasteiger partial charge < -0.3 is 10.2 Å². The smallest absolute Gasteiger partial charge is 0.216 e. The highest BCUT2D eigenvalue weighted by Gasteiger charge is 2.22. The van der Waals surface area contributed by atoms with E-state index in [4.69, 9.17) is 0 Å². The second kappa shape index (κ2) is 6.00. The average molecular weight is 172 g/mol. The first kappa shape index (κ1) is 11.4. The summed E-state index contributed by atoms with van der Waals surface area (Å²) in [7, 11) is 2.09. The number of nitrogens with zero attached hydrogens (tertiary/aromatic N) is 1. The molecule has 1 aliphatic heterocycles. The third-order valence-corrected chi connectivity index (χ3v) is 1.78. The molecule has 1 aliphatic rings. The molecular formula is C9H20N2O. The standard InChI is InChI=1S/C7H14N2O.C2H6/c1-6(10)8-3-7-4-9(2)5-7;1-2/h7H,3-5H2,1-2H3,(H,8,10);1-2H3. The van der Waals surface area contributed by atoms with E-state index in [1.165, 1.54) is 0 Å². The molecule has 3 nitrogen and oxygen atoms in total. The Morgan fingerprint density at radius 2 is 2.00 bits per heavy atom. The summed E-state index contributed by atoms with van der Waals surface area (Å²) in [5.74, 6) is 0.767. The minimum Gasteiger partial charge on any atom is -0.356 e. The van der Waals surface area contributed by atoms with Gasteiger partial charge in [0.05, 0.1) is 0 Å². The zero-order valence-corrected chi connectivity index (χ0v) is 8.55. The molecule has 1 rings (SSSR count). The molecule has 1 saturated heterocycles. The highest BCUT2D eigenvalue weighted by molar-refractivity contribution is 5.72. The maximum atomic E-state index is 10.4. The number of hydrogen-bond acceptors (Lipinski definition) is 2. The van der Waals surface area contributed by atoms with Crippen LogP contribution in [0.1, 0.15) is 20.8 Å². The second-order valence-electron chi connectivity index (χ2n) is 3.02. The third kappa shape index (κ3) is 4.34. The normalized spacial score (nSPS) is 17.3. The first-order valence-electron chi connectivity index (χ1n) is 4.61. The molecule has 1 amide bonds. The molecule has 1 N–H and O–H groups in total. The second-order valence-corrected chi connectivity index (χ2v) is 3.02. The minimum atomic E-state index is 0.0783. The Balaban J connectivity index is 0.000000561. The van der Waals surface area contributed by atoms with Crippen LogP contribution in [0.5, 0.6) is 0 Å². The van der Waals surface area contributed by atoms with Gasteiger partial charge in [-0.2, -0.15) is 0 Å². The summed E-state index contributed by atoms with van der Waals surface area (Å²) in [5.41, 5.74) is 0. The predicted octanol–water partition coefficient (Wildman–Crippen LogP) is 0.710. The molecule has 72 valence electrons. The summed E-state index contributed by atoms with van der Waals surface area (Å²) < 4.78 is 0. The zero-order chi connectivity index (χ0) is 9.56. The first-order valence-corrected chi connectivity index (χ1v) is 4.61. The molecule has 0 saturated carbocycles. The van der Waals surface area contributed by atoms with E-state index in [1.807, 2.05) is 13.8 Å². The van der Waals surface area contributed by atoms with Crippen molar-refractivity contribution in [3.8, 4) is 0 Å². The Kier molecular flexibility index (Phi) is 5.72. The molecule has 3 heteroatoms. The van der Waals surface area contributed by atoms with Crippen LogP contribution < -0.4 is 5.32 Å². The Bertz CT molecular complexity index is 130. The molecule has 0 unspecified atom stereocenters. The van der Waals surface area contributed by atoms with Gasteiger partial charge in [-0.1, -0.05) is 13.8 Å². The molecule has 1 heterocycles. The lowest BCUT2D eigenvalue weighted by atomic mass is 10.0. The van der Waals surface area contributed by atoms with E-state index in [2.05, 4.69) is 17.3 Å². The summed E-state index contributed by atoms with van der Waals surface area (Å²) in [6.45, 7) is 8.66. The maximum absolute atomic E-state index is 10.4. The van der Waals surface area contributed by atoms with Crippen molar-refractivity contribution in [3.63, 3.8) is 0 Å². The van der Waals surface area contributed by atoms with Gasteiger partial charge in [-0.05, 0) is 7.05 Å². The lowest BCUT2D eigenvalue weighted by molar-refractivity contribution is -0.119. The van der Waals surface area contributed by atoms with E-state index < -0.39 is 0 Å². The van der Waals surface area contributed by atoms with Gasteiger partial charge in [0.1, 0.15) is 0 Å². The molecule has 12 heavy (non-hydrogen) atoms. The number of likely N-dealkylation sites (tertiary alicyclic amines) is 1. The van der Waals surface area contributed by atoms with Gasteiger partial charge in [-0.25, -0.2) is 0 Å². The van der Waals surface area contributed by atoms with E-state index in [0.717, 1.165) is 19.6 Å². The predicted molar refractivity (Wildman–Crippen MR) is 51.0 cm³/mol. The van der Waals surface area contributed by atoms with Crippen LogP contribution in [0.15, 0.2) is 0 Å². The summed E-state index contributed by atoms with van der Waals surface area (Å²) >= 11 is 0. The van der Waals surface area contributed by atoms with Crippen molar-refractivity contribution >= 4 is 5.91 Å². The maximum Gasteiger partial charge on any atom is 0.216 e. The van der Waals surface area contributed by atoms with Crippen LogP contribution in [0.4, 0.5) is 0 Å². The molecular weight excluding hydrogens is 152 g/mol. The molecule has 0 aromatic carbocycles. The lowest BCUT2D eigenvalue weighted by Crippen LogP contribution is -2.48. The van der Waals surface area contributed by atoms with Crippen LogP contribution in [0.3, 0.4) is 0 Å². The van der Waals surface area contributed by atoms with Gasteiger partial charge in [0.2, 0.25) is 5.91 Å². The van der Waals surface area contributed by atoms with Crippen molar-refractivity contribution in [1.82, 2.24) is 10.2 Å². The van der Waals surface area contributed by atoms with Crippen LogP contribution in [0.2, 0.25) is 0 Å². The molecule has 0 atom stereocenters. The van der Waals surface area contributed by atoms with Gasteiger partial charge >= 0.3 is 0 Å². The van der Waals surface area contributed by atoms with Gasteiger partial charge in [0, 0.05) is 32.5 Å². The van der Waals surface area contributed by atoms with Crippen LogP contribution in [0, 0.1) is 5.92 Å². The van der Waals surface area contributed by atoms with Crippen molar-refractivity contribution in [3.05, 3.63) is 0 Å². The monoisotopic (exact) mass is 172 g/mol. The van der Waals surface area contributed by atoms with E-state index in [9.17, 15) is 4.79 Å². The van der Waals surface area contributed by atoms with E-state index in [-0.39, 0.29) is 5.91 Å². The van der Waals surface area contributed by atoms with Crippen LogP contribution in [-0.2, 0) is 4.79 Å². The van der Waals surface area contributed by atoms with Gasteiger partial charge in [0.25, 0.3) is 0 Å². The number of carbonyl (C=O) groups is 1. The molecule has 0 spiro atoms. The highest BCUT2D eigenvalue weighted by atomic mass is 16.1. The first-order chi connectivity index (χ1) is 5.68. The highest BCUT2D eigenvalue weighted by Crippen LogP contribution is 2.10. The van der Waals surface area contributed by atoms with Gasteiger partial charge in [-0.3, -0.25) is 4.79 Å². The van der Waals surface area contributed by atoms with Crippen molar-refractivity contribution in [1.29, 1.82) is 0 Å². The topological polar surface area (TPSA) is 32.3 Å². The van der Waals surface area contributed by atoms with Gasteiger partial charge in [-0.15, -0.1) is 0 Å². The van der Waals surface area contributed by atoms with Crippen molar-refractivity contribution in [2.24, 2.45) is 5.92 Å². The van der Waals surface area contributed by atoms with Crippen LogP contribution >= 0.6 is 0 Å². The Hall–Kier alpha value is -0.570. The molecule has 0 aromatic heterocycles. The Labute approximate surface area is 75.1 Å². The lowest BCUT2D eigenvalue weighted by Gasteiger charge is -2.36. The third-order valence-electron chi connectivity index (χ3n) is 1.78. The number of amides is 1. The van der Waals surface area contributed by atoms with Gasteiger partial charge in [0.15, 0.2) is 0 Å². The quantitative estimate of drug-likeness (QED) is 0.665. The summed E-state index contributed by atoms with van der Waals surface area (Å²) in [4.78, 5) is 12.7. The largest absolute Gasteiger partial charge is 0.356 e. The zero-order valence-electron chi connectivity index (χ0n) is 8.55. The van der Waals surface area contributed by atoms with Crippen molar-refractivity contribution < 1.29 is 4.79 Å². The van der Waals surface area contributed by atoms with E-state index in [1.54, 1.807) is 6.92 Å². The summed E-state index contributed by atoms with van der Waals surface area (Å²) in [6, 6.07) is 0. The molecule has 0 aliphatic carbocycles. The number of hydrogen-bond donors (Lipinski definition) is 1. The number of nitrogens with one attached hydrogen (secondary N) is 1. The molecule has 0 aromatic rings. The molecule has 1 fully saturated rings. The number of rotatable bonds is 2. The fourth-order valence-corrected chi connectivity index (χ4v) is 1.25. The minimum absolute atomic E-state index is 0.0783. The fourth-order valence-electron chi connectivity index (χ4n) is 1.25. The fraction of sp³-hybridized carbons (Fsp3) is 0.889. The number of carbonyl (C=O) groups excluding carboxylic acids is 1. The summed E-state index contributed by atoms with van der Waals surface area (Å²) in [5, 5.41) is 2.80. The molecule has 0 radical (unpaired) electrons. The van der Waals surface area contributed by atoms with Crippen LogP contribution in [-0.4, -0.2) is 37.5 Å². The van der Waals surface area contributed by atoms with Crippen molar-refractivity contribution in [2.45, 2.75) is 20.8 Å². The van der Waals surface area contributed by atoms with Crippen molar-refractivity contribution in [2.75, 3.05) is 26.7 Å².